The van der Waals surface area contributed by atoms with Gasteiger partial charge in [-0.15, -0.1) is 0 Å². The molecule has 4 nitrogen and oxygen atoms in total. The van der Waals surface area contributed by atoms with Crippen molar-refractivity contribution in [1.29, 1.82) is 0 Å². The van der Waals surface area contributed by atoms with Crippen LogP contribution in [-0.2, 0) is 22.9 Å². The van der Waals surface area contributed by atoms with E-state index >= 15 is 0 Å². The number of hydrogen-bond donors (Lipinski definition) is 1. The molecule has 80 valence electrons. The molecule has 0 aliphatic rings. The summed E-state index contributed by atoms with van der Waals surface area (Å²) < 4.78 is 23.7. The zero-order valence-electron chi connectivity index (χ0n) is 8.53. The Morgan fingerprint density at radius 2 is 2.21 bits per heavy atom. The second-order valence-corrected chi connectivity index (χ2v) is 5.68. The van der Waals surface area contributed by atoms with Crippen LogP contribution in [0.1, 0.15) is 5.56 Å². The molecule has 1 aromatic rings. The van der Waals surface area contributed by atoms with E-state index < -0.39 is 9.84 Å². The second-order valence-electron chi connectivity index (χ2n) is 3.42. The Balaban J connectivity index is 2.52. The van der Waals surface area contributed by atoms with Crippen molar-refractivity contribution in [2.45, 2.75) is 13.1 Å². The Kier molecular flexibility index (Phi) is 3.71. The standard InChI is InChI=1S/C9H16N2O2S/c1-10-7-9-3-4-11(8-9)5-6-14(2,12)13/h3-4,8,10H,5-7H2,1-2H3. The molecule has 1 aromatic heterocycles. The van der Waals surface area contributed by atoms with Gasteiger partial charge in [-0.3, -0.25) is 0 Å². The first-order chi connectivity index (χ1) is 6.51. The molecule has 0 saturated carbocycles. The summed E-state index contributed by atoms with van der Waals surface area (Å²) in [6.07, 6.45) is 5.12. The first-order valence-electron chi connectivity index (χ1n) is 4.48. The molecule has 0 spiro atoms. The summed E-state index contributed by atoms with van der Waals surface area (Å²) in [5.74, 6) is 0.195. The van der Waals surface area contributed by atoms with Crippen LogP contribution < -0.4 is 5.32 Å². The molecule has 0 saturated heterocycles. The third-order valence-electron chi connectivity index (χ3n) is 1.91. The molecule has 5 heteroatoms. The number of aromatic nitrogens is 1. The van der Waals surface area contributed by atoms with Gasteiger partial charge in [-0.25, -0.2) is 8.42 Å². The highest BCUT2D eigenvalue weighted by Gasteiger charge is 2.02. The SMILES string of the molecule is CNCc1ccn(CCS(C)(=O)=O)c1. The van der Waals surface area contributed by atoms with Crippen LogP contribution in [0.2, 0.25) is 0 Å². The molecule has 1 N–H and O–H groups in total. The van der Waals surface area contributed by atoms with E-state index in [0.29, 0.717) is 6.54 Å². The van der Waals surface area contributed by atoms with Crippen molar-refractivity contribution in [3.8, 4) is 0 Å². The van der Waals surface area contributed by atoms with E-state index in [1.807, 2.05) is 30.1 Å². The van der Waals surface area contributed by atoms with E-state index in [1.165, 1.54) is 11.8 Å². The van der Waals surface area contributed by atoms with Crippen molar-refractivity contribution in [2.24, 2.45) is 0 Å². The van der Waals surface area contributed by atoms with Crippen molar-refractivity contribution in [1.82, 2.24) is 9.88 Å². The summed E-state index contributed by atoms with van der Waals surface area (Å²) in [5.41, 5.74) is 1.17. The molecule has 0 fully saturated rings. The summed E-state index contributed by atoms with van der Waals surface area (Å²) in [5, 5.41) is 3.04. The van der Waals surface area contributed by atoms with Crippen LogP contribution in [0.3, 0.4) is 0 Å². The van der Waals surface area contributed by atoms with Gasteiger partial charge in [-0.05, 0) is 18.7 Å². The molecule has 0 amide bonds. The smallest absolute Gasteiger partial charge is 0.149 e. The lowest BCUT2D eigenvalue weighted by molar-refractivity contribution is 0.594. The molecule has 1 heterocycles. The van der Waals surface area contributed by atoms with E-state index in [2.05, 4.69) is 5.32 Å². The molecule has 0 unspecified atom stereocenters. The minimum atomic E-state index is -2.86. The van der Waals surface area contributed by atoms with Gasteiger partial charge < -0.3 is 9.88 Å². The van der Waals surface area contributed by atoms with E-state index in [9.17, 15) is 8.42 Å². The van der Waals surface area contributed by atoms with Crippen molar-refractivity contribution >= 4 is 9.84 Å². The van der Waals surface area contributed by atoms with Gasteiger partial charge in [0.1, 0.15) is 9.84 Å². The van der Waals surface area contributed by atoms with Gasteiger partial charge >= 0.3 is 0 Å². The molecular formula is C9H16N2O2S. The molecule has 0 bridgehead atoms. The predicted molar refractivity (Wildman–Crippen MR) is 56.9 cm³/mol. The fourth-order valence-electron chi connectivity index (χ4n) is 1.21. The number of aryl methyl sites for hydroxylation is 1. The molecule has 0 radical (unpaired) electrons. The maximum atomic E-state index is 10.9. The van der Waals surface area contributed by atoms with Gasteiger partial charge in [0.25, 0.3) is 0 Å². The Bertz CT molecular complexity index is 381. The van der Waals surface area contributed by atoms with Gasteiger partial charge in [0.05, 0.1) is 5.75 Å². The molecule has 1 rings (SSSR count). The minimum absolute atomic E-state index is 0.195. The third kappa shape index (κ3) is 3.93. The highest BCUT2D eigenvalue weighted by molar-refractivity contribution is 7.90. The van der Waals surface area contributed by atoms with Gasteiger partial charge in [0.15, 0.2) is 0 Å². The Morgan fingerprint density at radius 3 is 2.79 bits per heavy atom. The van der Waals surface area contributed by atoms with Crippen LogP contribution in [-0.4, -0.2) is 32.0 Å². The number of nitrogens with one attached hydrogen (secondary N) is 1. The summed E-state index contributed by atoms with van der Waals surface area (Å²) in [7, 11) is -0.979. The number of hydrogen-bond acceptors (Lipinski definition) is 3. The summed E-state index contributed by atoms with van der Waals surface area (Å²) >= 11 is 0. The van der Waals surface area contributed by atoms with Crippen LogP contribution in [0.25, 0.3) is 0 Å². The van der Waals surface area contributed by atoms with Crippen molar-refractivity contribution in [3.05, 3.63) is 24.0 Å². The molecule has 0 aromatic carbocycles. The first kappa shape index (κ1) is 11.3. The highest BCUT2D eigenvalue weighted by atomic mass is 32.2. The lowest BCUT2D eigenvalue weighted by Gasteiger charge is -2.00. The summed E-state index contributed by atoms with van der Waals surface area (Å²) in [6.45, 7) is 1.34. The first-order valence-corrected chi connectivity index (χ1v) is 6.54. The number of sulfone groups is 1. The maximum absolute atomic E-state index is 10.9. The second kappa shape index (κ2) is 4.61. The predicted octanol–water partition coefficient (Wildman–Crippen LogP) is 0.252. The quantitative estimate of drug-likeness (QED) is 0.767. The Labute approximate surface area is 84.9 Å². The van der Waals surface area contributed by atoms with E-state index in [4.69, 9.17) is 0 Å². The van der Waals surface area contributed by atoms with Crippen LogP contribution >= 0.6 is 0 Å². The normalized spacial score (nSPS) is 11.9. The number of nitrogens with zero attached hydrogens (tertiary/aromatic N) is 1. The van der Waals surface area contributed by atoms with Crippen LogP contribution in [0.5, 0.6) is 0 Å². The zero-order chi connectivity index (χ0) is 10.6. The minimum Gasteiger partial charge on any atom is -0.353 e. The van der Waals surface area contributed by atoms with E-state index in [1.54, 1.807) is 0 Å². The van der Waals surface area contributed by atoms with E-state index in [0.717, 1.165) is 6.54 Å². The number of rotatable bonds is 5. The lowest BCUT2D eigenvalue weighted by Crippen LogP contribution is -2.10. The monoisotopic (exact) mass is 216 g/mol. The third-order valence-corrected chi connectivity index (χ3v) is 2.84. The van der Waals surface area contributed by atoms with Crippen molar-refractivity contribution in [3.63, 3.8) is 0 Å². The summed E-state index contributed by atoms with van der Waals surface area (Å²) in [6, 6.07) is 1.98. The molecule has 0 aliphatic heterocycles. The van der Waals surface area contributed by atoms with Crippen LogP contribution in [0.15, 0.2) is 18.5 Å². The van der Waals surface area contributed by atoms with Crippen LogP contribution in [0, 0.1) is 0 Å². The van der Waals surface area contributed by atoms with Gasteiger partial charge in [-0.1, -0.05) is 0 Å². The fourth-order valence-corrected chi connectivity index (χ4v) is 1.75. The molecular weight excluding hydrogens is 200 g/mol. The van der Waals surface area contributed by atoms with Gasteiger partial charge in [0, 0.05) is 31.7 Å². The Hall–Kier alpha value is -0.810. The van der Waals surface area contributed by atoms with Crippen LogP contribution in [0.4, 0.5) is 0 Å². The average molecular weight is 216 g/mol. The topological polar surface area (TPSA) is 51.1 Å². The lowest BCUT2D eigenvalue weighted by atomic mass is 10.3. The zero-order valence-corrected chi connectivity index (χ0v) is 9.34. The van der Waals surface area contributed by atoms with Gasteiger partial charge in [0.2, 0.25) is 0 Å². The average Bonchev–Trinajstić information content (AvgIpc) is 2.49. The molecule has 0 atom stereocenters. The Morgan fingerprint density at radius 1 is 1.50 bits per heavy atom. The van der Waals surface area contributed by atoms with Crippen molar-refractivity contribution < 1.29 is 8.42 Å². The van der Waals surface area contributed by atoms with Crippen molar-refractivity contribution in [2.75, 3.05) is 19.1 Å². The maximum Gasteiger partial charge on any atom is 0.149 e. The largest absolute Gasteiger partial charge is 0.353 e. The molecule has 14 heavy (non-hydrogen) atoms. The molecule has 0 aliphatic carbocycles. The van der Waals surface area contributed by atoms with E-state index in [-0.39, 0.29) is 5.75 Å². The highest BCUT2D eigenvalue weighted by Crippen LogP contribution is 2.01. The summed E-state index contributed by atoms with van der Waals surface area (Å²) in [4.78, 5) is 0. The fraction of sp³-hybridized carbons (Fsp3) is 0.556. The van der Waals surface area contributed by atoms with Gasteiger partial charge in [-0.2, -0.15) is 0 Å².